The summed E-state index contributed by atoms with van der Waals surface area (Å²) in [6.45, 7) is 0.278. The molecule has 0 saturated carbocycles. The first-order valence-electron chi connectivity index (χ1n) is 4.23. The second-order valence-corrected chi connectivity index (χ2v) is 3.72. The van der Waals surface area contributed by atoms with Crippen molar-refractivity contribution < 1.29 is 14.4 Å². The Morgan fingerprint density at radius 3 is 3.07 bits per heavy atom. The van der Waals surface area contributed by atoms with Crippen LogP contribution in [-0.2, 0) is 16.9 Å². The highest BCUT2D eigenvalue weighted by Crippen LogP contribution is 2.07. The van der Waals surface area contributed by atoms with Crippen LogP contribution in [0.4, 0.5) is 0 Å². The van der Waals surface area contributed by atoms with Crippen molar-refractivity contribution in [2.75, 3.05) is 20.0 Å². The Kier molecular flexibility index (Phi) is 4.92. The third-order valence-corrected chi connectivity index (χ3v) is 2.10. The molecule has 1 atom stereocenters. The lowest BCUT2D eigenvalue weighted by atomic mass is 10.3. The molecule has 1 N–H and O–H groups in total. The molecule has 0 aliphatic heterocycles. The van der Waals surface area contributed by atoms with Crippen molar-refractivity contribution in [3.05, 3.63) is 11.7 Å². The predicted octanol–water partition coefficient (Wildman–Crippen LogP) is 0.482. The second-order valence-electron chi connectivity index (χ2n) is 2.85. The highest BCUT2D eigenvalue weighted by molar-refractivity contribution is 7.97. The standard InChI is InChI=1S/C8H14N2O3S/c1-12-4-6(11)3-8-9-7(5-14-2)10-13-8/h6,11H,3-5H2,1-2H3. The Hall–Kier alpha value is -0.590. The van der Waals surface area contributed by atoms with E-state index in [1.54, 1.807) is 11.8 Å². The summed E-state index contributed by atoms with van der Waals surface area (Å²) in [5, 5.41) is 13.1. The third kappa shape index (κ3) is 3.65. The number of nitrogens with zero attached hydrogens (tertiary/aromatic N) is 2. The van der Waals surface area contributed by atoms with Gasteiger partial charge < -0.3 is 14.4 Å². The summed E-state index contributed by atoms with van der Waals surface area (Å²) in [5.74, 6) is 1.85. The van der Waals surface area contributed by atoms with Gasteiger partial charge in [-0.05, 0) is 6.26 Å². The van der Waals surface area contributed by atoms with Crippen molar-refractivity contribution >= 4 is 11.8 Å². The van der Waals surface area contributed by atoms with Crippen LogP contribution >= 0.6 is 11.8 Å². The van der Waals surface area contributed by atoms with E-state index in [-0.39, 0.29) is 6.61 Å². The number of aliphatic hydroxyl groups excluding tert-OH is 1. The Morgan fingerprint density at radius 1 is 1.64 bits per heavy atom. The first-order chi connectivity index (χ1) is 6.76. The van der Waals surface area contributed by atoms with E-state index in [4.69, 9.17) is 9.26 Å². The summed E-state index contributed by atoms with van der Waals surface area (Å²) >= 11 is 1.63. The lowest BCUT2D eigenvalue weighted by Crippen LogP contribution is -2.17. The molecular formula is C8H14N2O3S. The number of rotatable bonds is 6. The quantitative estimate of drug-likeness (QED) is 0.749. The summed E-state index contributed by atoms with van der Waals surface area (Å²) < 4.78 is 9.73. The van der Waals surface area contributed by atoms with Gasteiger partial charge in [0.05, 0.1) is 24.9 Å². The van der Waals surface area contributed by atoms with Gasteiger partial charge in [0.25, 0.3) is 0 Å². The second kappa shape index (κ2) is 6.00. The van der Waals surface area contributed by atoms with Crippen molar-refractivity contribution in [3.8, 4) is 0 Å². The molecule has 0 amide bonds. The van der Waals surface area contributed by atoms with Gasteiger partial charge in [0, 0.05) is 7.11 Å². The van der Waals surface area contributed by atoms with Crippen LogP contribution in [0.3, 0.4) is 0 Å². The molecule has 0 saturated heterocycles. The summed E-state index contributed by atoms with van der Waals surface area (Å²) in [4.78, 5) is 4.11. The van der Waals surface area contributed by atoms with Crippen molar-refractivity contribution in [1.82, 2.24) is 10.1 Å². The number of thioether (sulfide) groups is 1. The van der Waals surface area contributed by atoms with E-state index in [1.807, 2.05) is 6.26 Å². The smallest absolute Gasteiger partial charge is 0.229 e. The molecule has 1 unspecified atom stereocenters. The van der Waals surface area contributed by atoms with Crippen LogP contribution in [0.15, 0.2) is 4.52 Å². The van der Waals surface area contributed by atoms with Crippen LogP contribution in [-0.4, -0.2) is 41.3 Å². The molecule has 0 radical (unpaired) electrons. The molecule has 6 heteroatoms. The SMILES string of the molecule is COCC(O)Cc1nc(CSC)no1. The highest BCUT2D eigenvalue weighted by Gasteiger charge is 2.11. The number of aliphatic hydroxyl groups is 1. The maximum absolute atomic E-state index is 9.38. The minimum atomic E-state index is -0.581. The zero-order valence-corrected chi connectivity index (χ0v) is 9.08. The third-order valence-electron chi connectivity index (χ3n) is 1.55. The summed E-state index contributed by atoms with van der Waals surface area (Å²) in [6, 6.07) is 0. The molecule has 1 rings (SSSR count). The van der Waals surface area contributed by atoms with Crippen LogP contribution in [0.2, 0.25) is 0 Å². The van der Waals surface area contributed by atoms with Crippen molar-refractivity contribution in [2.24, 2.45) is 0 Å². The van der Waals surface area contributed by atoms with Crippen LogP contribution in [0.5, 0.6) is 0 Å². The first-order valence-corrected chi connectivity index (χ1v) is 5.63. The molecule has 5 nitrogen and oxygen atoms in total. The van der Waals surface area contributed by atoms with Gasteiger partial charge in [-0.15, -0.1) is 0 Å². The van der Waals surface area contributed by atoms with Gasteiger partial charge in [0.2, 0.25) is 5.89 Å². The fourth-order valence-corrected chi connectivity index (χ4v) is 1.39. The van der Waals surface area contributed by atoms with E-state index in [9.17, 15) is 5.11 Å². The maximum Gasteiger partial charge on any atom is 0.229 e. The van der Waals surface area contributed by atoms with Gasteiger partial charge in [-0.2, -0.15) is 16.7 Å². The minimum Gasteiger partial charge on any atom is -0.390 e. The predicted molar refractivity (Wildman–Crippen MR) is 53.1 cm³/mol. The van der Waals surface area contributed by atoms with Gasteiger partial charge in [0.15, 0.2) is 5.82 Å². The topological polar surface area (TPSA) is 68.4 Å². The largest absolute Gasteiger partial charge is 0.390 e. The van der Waals surface area contributed by atoms with Crippen LogP contribution in [0.1, 0.15) is 11.7 Å². The van der Waals surface area contributed by atoms with Gasteiger partial charge in [-0.3, -0.25) is 0 Å². The first kappa shape index (κ1) is 11.5. The molecule has 0 aromatic carbocycles. The van der Waals surface area contributed by atoms with Crippen molar-refractivity contribution in [3.63, 3.8) is 0 Å². The van der Waals surface area contributed by atoms with Crippen LogP contribution in [0.25, 0.3) is 0 Å². The molecule has 80 valence electrons. The van der Waals surface area contributed by atoms with E-state index in [2.05, 4.69) is 10.1 Å². The zero-order chi connectivity index (χ0) is 10.4. The number of ether oxygens (including phenoxy) is 1. The van der Waals surface area contributed by atoms with E-state index in [1.165, 1.54) is 7.11 Å². The fourth-order valence-electron chi connectivity index (χ4n) is 1.01. The normalized spacial score (nSPS) is 13.1. The van der Waals surface area contributed by atoms with Crippen LogP contribution in [0, 0.1) is 0 Å². The fraction of sp³-hybridized carbons (Fsp3) is 0.750. The number of hydrogen-bond acceptors (Lipinski definition) is 6. The summed E-state index contributed by atoms with van der Waals surface area (Å²) in [7, 11) is 1.54. The van der Waals surface area contributed by atoms with E-state index in [0.717, 1.165) is 5.75 Å². The molecule has 0 fully saturated rings. The van der Waals surface area contributed by atoms with Crippen molar-refractivity contribution in [1.29, 1.82) is 0 Å². The molecule has 0 aliphatic rings. The van der Waals surface area contributed by atoms with E-state index >= 15 is 0 Å². The van der Waals surface area contributed by atoms with E-state index in [0.29, 0.717) is 18.1 Å². The van der Waals surface area contributed by atoms with Crippen molar-refractivity contribution in [2.45, 2.75) is 18.3 Å². The Morgan fingerprint density at radius 2 is 2.43 bits per heavy atom. The summed E-state index contributed by atoms with van der Waals surface area (Å²) in [6.07, 6.45) is 1.73. The monoisotopic (exact) mass is 218 g/mol. The molecule has 1 aromatic heterocycles. The minimum absolute atomic E-state index is 0.278. The zero-order valence-electron chi connectivity index (χ0n) is 8.27. The van der Waals surface area contributed by atoms with Gasteiger partial charge in [0.1, 0.15) is 0 Å². The number of aromatic nitrogens is 2. The van der Waals surface area contributed by atoms with Gasteiger partial charge >= 0.3 is 0 Å². The average molecular weight is 218 g/mol. The molecule has 0 aliphatic carbocycles. The molecular weight excluding hydrogens is 204 g/mol. The lowest BCUT2D eigenvalue weighted by molar-refractivity contribution is 0.0599. The van der Waals surface area contributed by atoms with E-state index < -0.39 is 6.10 Å². The average Bonchev–Trinajstić information content (AvgIpc) is 2.53. The van der Waals surface area contributed by atoms with Gasteiger partial charge in [-0.25, -0.2) is 0 Å². The Balaban J connectivity index is 2.42. The molecule has 1 aromatic rings. The lowest BCUT2D eigenvalue weighted by Gasteiger charge is -2.04. The van der Waals surface area contributed by atoms with Gasteiger partial charge in [-0.1, -0.05) is 5.16 Å². The Labute approximate surface area is 86.8 Å². The molecule has 0 bridgehead atoms. The Bertz CT molecular complexity index is 267. The highest BCUT2D eigenvalue weighted by atomic mass is 32.2. The molecule has 14 heavy (non-hydrogen) atoms. The number of hydrogen-bond donors (Lipinski definition) is 1. The molecule has 1 heterocycles. The number of methoxy groups -OCH3 is 1. The van der Waals surface area contributed by atoms with Crippen LogP contribution < -0.4 is 0 Å². The maximum atomic E-state index is 9.38. The molecule has 0 spiro atoms. The summed E-state index contributed by atoms with van der Waals surface area (Å²) in [5.41, 5.74) is 0.